The first-order valence-corrected chi connectivity index (χ1v) is 6.22. The summed E-state index contributed by atoms with van der Waals surface area (Å²) < 4.78 is 5.59. The lowest BCUT2D eigenvalue weighted by Crippen LogP contribution is -2.11. The van der Waals surface area contributed by atoms with Gasteiger partial charge in [0.05, 0.1) is 11.5 Å². The van der Waals surface area contributed by atoms with Gasteiger partial charge in [-0.25, -0.2) is 0 Å². The standard InChI is InChI=1S/C13H20N2O3/c1-3-10(4-2)9-18-13-7-11(8-14)5-6-12(13)15(16)17/h5-7,10H,3-4,8-9,14H2,1-2H3. The Hall–Kier alpha value is -1.62. The van der Waals surface area contributed by atoms with Crippen LogP contribution in [0.3, 0.4) is 0 Å². The van der Waals surface area contributed by atoms with E-state index in [0.717, 1.165) is 18.4 Å². The lowest BCUT2D eigenvalue weighted by Gasteiger charge is -2.14. The molecular formula is C13H20N2O3. The summed E-state index contributed by atoms with van der Waals surface area (Å²) in [6.07, 6.45) is 2.00. The molecule has 1 rings (SSSR count). The van der Waals surface area contributed by atoms with Crippen molar-refractivity contribution in [3.05, 3.63) is 33.9 Å². The van der Waals surface area contributed by atoms with Crippen molar-refractivity contribution in [2.75, 3.05) is 6.61 Å². The Bertz CT molecular complexity index is 403. The van der Waals surface area contributed by atoms with E-state index in [4.69, 9.17) is 10.5 Å². The molecule has 0 bridgehead atoms. The average molecular weight is 252 g/mol. The third-order valence-corrected chi connectivity index (χ3v) is 3.09. The molecule has 0 spiro atoms. The fraction of sp³-hybridized carbons (Fsp3) is 0.538. The second-order valence-corrected chi connectivity index (χ2v) is 4.26. The lowest BCUT2D eigenvalue weighted by molar-refractivity contribution is -0.385. The van der Waals surface area contributed by atoms with Crippen molar-refractivity contribution in [2.24, 2.45) is 11.7 Å². The predicted octanol–water partition coefficient (Wildman–Crippen LogP) is 2.87. The summed E-state index contributed by atoms with van der Waals surface area (Å²) in [6.45, 7) is 5.02. The summed E-state index contributed by atoms with van der Waals surface area (Å²) >= 11 is 0. The molecule has 2 N–H and O–H groups in total. The first kappa shape index (κ1) is 14.4. The Morgan fingerprint density at radius 1 is 1.39 bits per heavy atom. The molecule has 0 aliphatic rings. The Morgan fingerprint density at radius 3 is 2.56 bits per heavy atom. The van der Waals surface area contributed by atoms with Crippen LogP contribution >= 0.6 is 0 Å². The summed E-state index contributed by atoms with van der Waals surface area (Å²) in [7, 11) is 0. The average Bonchev–Trinajstić information content (AvgIpc) is 2.39. The minimum Gasteiger partial charge on any atom is -0.487 e. The number of nitro benzene ring substituents is 1. The molecule has 1 aromatic rings. The van der Waals surface area contributed by atoms with Gasteiger partial charge in [-0.1, -0.05) is 32.8 Å². The van der Waals surface area contributed by atoms with E-state index in [9.17, 15) is 10.1 Å². The number of rotatable bonds is 7. The van der Waals surface area contributed by atoms with E-state index >= 15 is 0 Å². The largest absolute Gasteiger partial charge is 0.487 e. The Morgan fingerprint density at radius 2 is 2.06 bits per heavy atom. The van der Waals surface area contributed by atoms with Gasteiger partial charge >= 0.3 is 5.69 Å². The van der Waals surface area contributed by atoms with Crippen molar-refractivity contribution >= 4 is 5.69 Å². The third kappa shape index (κ3) is 3.70. The van der Waals surface area contributed by atoms with Crippen LogP contribution in [0.4, 0.5) is 5.69 Å². The number of nitro groups is 1. The van der Waals surface area contributed by atoms with Crippen LogP contribution < -0.4 is 10.5 Å². The molecule has 0 fully saturated rings. The van der Waals surface area contributed by atoms with E-state index in [1.807, 2.05) is 0 Å². The molecule has 0 amide bonds. The first-order valence-electron chi connectivity index (χ1n) is 6.22. The van der Waals surface area contributed by atoms with Crippen molar-refractivity contribution in [1.82, 2.24) is 0 Å². The molecular weight excluding hydrogens is 232 g/mol. The molecule has 0 aromatic heterocycles. The molecule has 0 aliphatic carbocycles. The molecule has 0 aliphatic heterocycles. The Balaban J connectivity index is 2.87. The van der Waals surface area contributed by atoms with Crippen LogP contribution in [0.25, 0.3) is 0 Å². The fourth-order valence-corrected chi connectivity index (χ4v) is 1.68. The third-order valence-electron chi connectivity index (χ3n) is 3.09. The van der Waals surface area contributed by atoms with E-state index in [-0.39, 0.29) is 5.69 Å². The van der Waals surface area contributed by atoms with E-state index < -0.39 is 4.92 Å². The number of ether oxygens (including phenoxy) is 1. The molecule has 100 valence electrons. The van der Waals surface area contributed by atoms with Crippen LogP contribution in [0.15, 0.2) is 18.2 Å². The smallest absolute Gasteiger partial charge is 0.310 e. The number of hydrogen-bond donors (Lipinski definition) is 1. The van der Waals surface area contributed by atoms with E-state index in [0.29, 0.717) is 24.8 Å². The van der Waals surface area contributed by atoms with E-state index in [1.54, 1.807) is 12.1 Å². The maximum Gasteiger partial charge on any atom is 0.310 e. The maximum absolute atomic E-state index is 10.9. The van der Waals surface area contributed by atoms with Gasteiger partial charge in [0, 0.05) is 12.6 Å². The van der Waals surface area contributed by atoms with Gasteiger partial charge in [0.1, 0.15) is 0 Å². The zero-order chi connectivity index (χ0) is 13.5. The molecule has 0 unspecified atom stereocenters. The van der Waals surface area contributed by atoms with E-state index in [1.165, 1.54) is 6.07 Å². The van der Waals surface area contributed by atoms with Crippen molar-refractivity contribution in [2.45, 2.75) is 33.2 Å². The van der Waals surface area contributed by atoms with Gasteiger partial charge in [0.25, 0.3) is 0 Å². The SMILES string of the molecule is CCC(CC)COc1cc(CN)ccc1[N+](=O)[O-]. The van der Waals surface area contributed by atoms with Crippen molar-refractivity contribution in [3.63, 3.8) is 0 Å². The van der Waals surface area contributed by atoms with Gasteiger partial charge in [-0.3, -0.25) is 10.1 Å². The topological polar surface area (TPSA) is 78.4 Å². The van der Waals surface area contributed by atoms with Crippen LogP contribution in [0.1, 0.15) is 32.3 Å². The van der Waals surface area contributed by atoms with Gasteiger partial charge < -0.3 is 10.5 Å². The number of benzene rings is 1. The van der Waals surface area contributed by atoms with Crippen LogP contribution in [0.2, 0.25) is 0 Å². The van der Waals surface area contributed by atoms with Gasteiger partial charge in [-0.05, 0) is 17.5 Å². The monoisotopic (exact) mass is 252 g/mol. The van der Waals surface area contributed by atoms with Crippen LogP contribution in [0, 0.1) is 16.0 Å². The summed E-state index contributed by atoms with van der Waals surface area (Å²) in [5.74, 6) is 0.737. The zero-order valence-electron chi connectivity index (χ0n) is 10.9. The minimum absolute atomic E-state index is 0.00171. The van der Waals surface area contributed by atoms with Crippen molar-refractivity contribution < 1.29 is 9.66 Å². The Kier molecular flexibility index (Phi) is 5.58. The van der Waals surface area contributed by atoms with Gasteiger partial charge in [-0.15, -0.1) is 0 Å². The molecule has 0 radical (unpaired) electrons. The lowest BCUT2D eigenvalue weighted by atomic mass is 10.1. The fourth-order valence-electron chi connectivity index (χ4n) is 1.68. The number of nitrogens with zero attached hydrogens (tertiary/aromatic N) is 1. The van der Waals surface area contributed by atoms with Gasteiger partial charge in [0.15, 0.2) is 5.75 Å². The Labute approximate surface area is 107 Å². The molecule has 1 aromatic carbocycles. The van der Waals surface area contributed by atoms with Crippen LogP contribution in [-0.4, -0.2) is 11.5 Å². The number of hydrogen-bond acceptors (Lipinski definition) is 4. The summed E-state index contributed by atoms with van der Waals surface area (Å²) in [4.78, 5) is 10.5. The highest BCUT2D eigenvalue weighted by molar-refractivity contribution is 5.48. The highest BCUT2D eigenvalue weighted by atomic mass is 16.6. The molecule has 0 saturated carbocycles. The van der Waals surface area contributed by atoms with Crippen LogP contribution in [0.5, 0.6) is 5.75 Å². The van der Waals surface area contributed by atoms with Crippen molar-refractivity contribution in [1.29, 1.82) is 0 Å². The van der Waals surface area contributed by atoms with Crippen molar-refractivity contribution in [3.8, 4) is 5.75 Å². The number of nitrogens with two attached hydrogens (primary N) is 1. The highest BCUT2D eigenvalue weighted by Crippen LogP contribution is 2.28. The summed E-state index contributed by atoms with van der Waals surface area (Å²) in [5.41, 5.74) is 6.36. The molecule has 5 nitrogen and oxygen atoms in total. The molecule has 0 saturated heterocycles. The zero-order valence-corrected chi connectivity index (χ0v) is 10.9. The summed E-state index contributed by atoms with van der Waals surface area (Å²) in [5, 5.41) is 10.9. The minimum atomic E-state index is -0.428. The second kappa shape index (κ2) is 6.96. The van der Waals surface area contributed by atoms with E-state index in [2.05, 4.69) is 13.8 Å². The highest BCUT2D eigenvalue weighted by Gasteiger charge is 2.16. The first-order chi connectivity index (χ1) is 8.62. The second-order valence-electron chi connectivity index (χ2n) is 4.26. The quantitative estimate of drug-likeness (QED) is 0.597. The van der Waals surface area contributed by atoms with Gasteiger partial charge in [0.2, 0.25) is 0 Å². The molecule has 5 heteroatoms. The predicted molar refractivity (Wildman–Crippen MR) is 70.6 cm³/mol. The molecule has 0 heterocycles. The van der Waals surface area contributed by atoms with Crippen LogP contribution in [-0.2, 0) is 6.54 Å². The normalized spacial score (nSPS) is 10.7. The molecule has 0 atom stereocenters. The molecule has 18 heavy (non-hydrogen) atoms. The van der Waals surface area contributed by atoms with Gasteiger partial charge in [-0.2, -0.15) is 0 Å². The summed E-state index contributed by atoms with van der Waals surface area (Å²) in [6, 6.07) is 4.76. The maximum atomic E-state index is 10.9.